The summed E-state index contributed by atoms with van der Waals surface area (Å²) in [6.07, 6.45) is 1.18. The summed E-state index contributed by atoms with van der Waals surface area (Å²) in [5.74, 6) is -0.364. The van der Waals surface area contributed by atoms with E-state index in [0.717, 1.165) is 24.2 Å². The summed E-state index contributed by atoms with van der Waals surface area (Å²) in [5.41, 5.74) is 13.4. The summed E-state index contributed by atoms with van der Waals surface area (Å²) in [6.45, 7) is 4.03. The highest BCUT2D eigenvalue weighted by atomic mass is 16.2. The Morgan fingerprint density at radius 3 is 2.81 bits per heavy atom. The van der Waals surface area contributed by atoms with Crippen molar-refractivity contribution in [3.05, 3.63) is 23.8 Å². The molecule has 0 aliphatic carbocycles. The van der Waals surface area contributed by atoms with Crippen LogP contribution in [0.4, 0.5) is 11.4 Å². The number of hydrogen-bond acceptors (Lipinski definition) is 4. The minimum Gasteiger partial charge on any atom is -0.399 e. The van der Waals surface area contributed by atoms with E-state index in [1.54, 1.807) is 6.07 Å². The van der Waals surface area contributed by atoms with E-state index < -0.39 is 0 Å². The number of aryl methyl sites for hydroxylation is 1. The number of amides is 2. The van der Waals surface area contributed by atoms with Crippen LogP contribution in [0.3, 0.4) is 0 Å². The Balaban J connectivity index is 1.79. The molecule has 5 N–H and O–H groups in total. The monoisotopic (exact) mass is 290 g/mol. The first-order valence-corrected chi connectivity index (χ1v) is 7.13. The number of carbonyl (C=O) groups is 2. The molecule has 1 atom stereocenters. The number of nitrogens with two attached hydrogens (primary N) is 2. The van der Waals surface area contributed by atoms with Gasteiger partial charge < -0.3 is 21.7 Å². The highest BCUT2D eigenvalue weighted by Crippen LogP contribution is 2.18. The van der Waals surface area contributed by atoms with E-state index in [1.165, 1.54) is 0 Å². The second-order valence-corrected chi connectivity index (χ2v) is 5.56. The standard InChI is InChI=1S/C15H22N4O2/c1-10-8-12(16)2-3-13(10)18-14(20)5-7-19-6-4-11(9-19)15(17)21/h2-3,8,11H,4-7,9,16H2,1H3,(H2,17,21)(H,18,20). The normalized spacial score (nSPS) is 18.6. The minimum atomic E-state index is -0.251. The summed E-state index contributed by atoms with van der Waals surface area (Å²) in [4.78, 5) is 25.2. The summed E-state index contributed by atoms with van der Waals surface area (Å²) >= 11 is 0. The minimum absolute atomic E-state index is 0.0367. The van der Waals surface area contributed by atoms with Crippen molar-refractivity contribution >= 4 is 23.2 Å². The molecule has 0 spiro atoms. The smallest absolute Gasteiger partial charge is 0.225 e. The van der Waals surface area contributed by atoms with E-state index in [-0.39, 0.29) is 17.7 Å². The zero-order valence-electron chi connectivity index (χ0n) is 12.3. The van der Waals surface area contributed by atoms with E-state index in [4.69, 9.17) is 11.5 Å². The van der Waals surface area contributed by atoms with Crippen molar-refractivity contribution in [3.8, 4) is 0 Å². The Hall–Kier alpha value is -2.08. The number of nitrogens with zero attached hydrogens (tertiary/aromatic N) is 1. The molecule has 0 saturated carbocycles. The maximum Gasteiger partial charge on any atom is 0.225 e. The number of benzene rings is 1. The van der Waals surface area contributed by atoms with Gasteiger partial charge in [0.2, 0.25) is 11.8 Å². The summed E-state index contributed by atoms with van der Waals surface area (Å²) in [7, 11) is 0. The van der Waals surface area contributed by atoms with Crippen LogP contribution in [0, 0.1) is 12.8 Å². The van der Waals surface area contributed by atoms with Gasteiger partial charge in [-0.2, -0.15) is 0 Å². The van der Waals surface area contributed by atoms with Gasteiger partial charge in [0, 0.05) is 30.9 Å². The Morgan fingerprint density at radius 2 is 2.19 bits per heavy atom. The highest BCUT2D eigenvalue weighted by molar-refractivity contribution is 5.91. The molecule has 2 rings (SSSR count). The summed E-state index contributed by atoms with van der Waals surface area (Å²) in [6, 6.07) is 5.40. The fourth-order valence-corrected chi connectivity index (χ4v) is 2.57. The molecular formula is C15H22N4O2. The molecule has 1 aromatic rings. The van der Waals surface area contributed by atoms with Crippen LogP contribution in [0.25, 0.3) is 0 Å². The number of likely N-dealkylation sites (tertiary alicyclic amines) is 1. The highest BCUT2D eigenvalue weighted by Gasteiger charge is 2.26. The molecule has 1 aromatic carbocycles. The number of carbonyl (C=O) groups excluding carboxylic acids is 2. The van der Waals surface area contributed by atoms with Crippen LogP contribution < -0.4 is 16.8 Å². The number of nitrogen functional groups attached to an aromatic ring is 1. The second-order valence-electron chi connectivity index (χ2n) is 5.56. The Morgan fingerprint density at radius 1 is 1.43 bits per heavy atom. The van der Waals surface area contributed by atoms with Gasteiger partial charge in [0.25, 0.3) is 0 Å². The fourth-order valence-electron chi connectivity index (χ4n) is 2.57. The molecule has 1 aliphatic rings. The number of hydrogen-bond donors (Lipinski definition) is 3. The van der Waals surface area contributed by atoms with E-state index >= 15 is 0 Å². The molecule has 0 radical (unpaired) electrons. The lowest BCUT2D eigenvalue weighted by Crippen LogP contribution is -2.29. The van der Waals surface area contributed by atoms with Crippen LogP contribution in [0.5, 0.6) is 0 Å². The predicted molar refractivity (Wildman–Crippen MR) is 82.6 cm³/mol. The second kappa shape index (κ2) is 6.58. The topological polar surface area (TPSA) is 101 Å². The van der Waals surface area contributed by atoms with Crippen molar-refractivity contribution in [1.82, 2.24) is 4.90 Å². The molecule has 1 heterocycles. The number of primary amides is 1. The molecule has 6 nitrogen and oxygen atoms in total. The lowest BCUT2D eigenvalue weighted by molar-refractivity contribution is -0.121. The Labute approximate surface area is 124 Å². The van der Waals surface area contributed by atoms with E-state index in [0.29, 0.717) is 25.2 Å². The third-order valence-corrected chi connectivity index (χ3v) is 3.85. The van der Waals surface area contributed by atoms with Gasteiger partial charge in [-0.3, -0.25) is 9.59 Å². The van der Waals surface area contributed by atoms with Crippen LogP contribution in [0.2, 0.25) is 0 Å². The Kier molecular flexibility index (Phi) is 4.80. The summed E-state index contributed by atoms with van der Waals surface area (Å²) in [5, 5.41) is 2.88. The maximum absolute atomic E-state index is 12.0. The SMILES string of the molecule is Cc1cc(N)ccc1NC(=O)CCN1CCC(C(N)=O)C1. The fraction of sp³-hybridized carbons (Fsp3) is 0.467. The van der Waals surface area contributed by atoms with Gasteiger partial charge in [-0.15, -0.1) is 0 Å². The van der Waals surface area contributed by atoms with Gasteiger partial charge in [0.05, 0.1) is 5.92 Å². The summed E-state index contributed by atoms with van der Waals surface area (Å²) < 4.78 is 0. The molecule has 1 fully saturated rings. The van der Waals surface area contributed by atoms with Gasteiger partial charge >= 0.3 is 0 Å². The van der Waals surface area contributed by atoms with Crippen molar-refractivity contribution in [2.24, 2.45) is 11.7 Å². The third-order valence-electron chi connectivity index (χ3n) is 3.85. The van der Waals surface area contributed by atoms with E-state index in [1.807, 2.05) is 19.1 Å². The molecule has 0 aromatic heterocycles. The number of nitrogens with one attached hydrogen (secondary N) is 1. The van der Waals surface area contributed by atoms with Crippen LogP contribution in [-0.2, 0) is 9.59 Å². The Bertz CT molecular complexity index is 544. The third kappa shape index (κ3) is 4.19. The molecule has 1 aliphatic heterocycles. The number of anilines is 2. The lowest BCUT2D eigenvalue weighted by atomic mass is 10.1. The molecule has 1 unspecified atom stereocenters. The molecule has 1 saturated heterocycles. The van der Waals surface area contributed by atoms with E-state index in [9.17, 15) is 9.59 Å². The van der Waals surface area contributed by atoms with Crippen LogP contribution in [0.15, 0.2) is 18.2 Å². The molecule has 114 valence electrons. The molecule has 2 amide bonds. The first kappa shape index (κ1) is 15.3. The maximum atomic E-state index is 12.0. The molecule has 21 heavy (non-hydrogen) atoms. The van der Waals surface area contributed by atoms with Gasteiger partial charge in [0.1, 0.15) is 0 Å². The van der Waals surface area contributed by atoms with Crippen molar-refractivity contribution in [1.29, 1.82) is 0 Å². The van der Waals surface area contributed by atoms with Crippen LogP contribution in [0.1, 0.15) is 18.4 Å². The molecular weight excluding hydrogens is 268 g/mol. The predicted octanol–water partition coefficient (Wildman–Crippen LogP) is 0.713. The van der Waals surface area contributed by atoms with Crippen molar-refractivity contribution < 1.29 is 9.59 Å². The average Bonchev–Trinajstić information content (AvgIpc) is 2.89. The molecule has 6 heteroatoms. The first-order chi connectivity index (χ1) is 9.95. The van der Waals surface area contributed by atoms with Gasteiger partial charge in [-0.25, -0.2) is 0 Å². The van der Waals surface area contributed by atoms with Gasteiger partial charge in [-0.05, 0) is 43.7 Å². The van der Waals surface area contributed by atoms with Crippen molar-refractivity contribution in [2.75, 3.05) is 30.7 Å². The average molecular weight is 290 g/mol. The van der Waals surface area contributed by atoms with Crippen LogP contribution in [-0.4, -0.2) is 36.3 Å². The largest absolute Gasteiger partial charge is 0.399 e. The van der Waals surface area contributed by atoms with Crippen molar-refractivity contribution in [2.45, 2.75) is 19.8 Å². The van der Waals surface area contributed by atoms with Gasteiger partial charge in [-0.1, -0.05) is 0 Å². The van der Waals surface area contributed by atoms with Gasteiger partial charge in [0.15, 0.2) is 0 Å². The zero-order valence-corrected chi connectivity index (χ0v) is 12.3. The zero-order chi connectivity index (χ0) is 15.4. The quantitative estimate of drug-likeness (QED) is 0.695. The van der Waals surface area contributed by atoms with Crippen LogP contribution >= 0.6 is 0 Å². The lowest BCUT2D eigenvalue weighted by Gasteiger charge is -2.15. The number of rotatable bonds is 5. The molecule has 0 bridgehead atoms. The van der Waals surface area contributed by atoms with Crippen molar-refractivity contribution in [3.63, 3.8) is 0 Å². The first-order valence-electron chi connectivity index (χ1n) is 7.13. The van der Waals surface area contributed by atoms with E-state index in [2.05, 4.69) is 10.2 Å².